The molecule has 0 bridgehead atoms. The molecule has 0 amide bonds. The molecule has 2 aromatic heterocycles. The van der Waals surface area contributed by atoms with Crippen LogP contribution in [0.25, 0.3) is 10.9 Å². The van der Waals surface area contributed by atoms with E-state index in [0.717, 1.165) is 33.8 Å². The molecule has 2 heterocycles. The van der Waals surface area contributed by atoms with Crippen LogP contribution >= 0.6 is 11.3 Å². The van der Waals surface area contributed by atoms with Crippen LogP contribution < -0.4 is 5.32 Å². The molecule has 3 aromatic rings. The van der Waals surface area contributed by atoms with Crippen molar-refractivity contribution in [2.75, 3.05) is 5.32 Å². The topological polar surface area (TPSA) is 37.8 Å². The number of hydrogen-bond donors (Lipinski definition) is 1. The number of para-hydroxylation sites is 1. The van der Waals surface area contributed by atoms with Crippen LogP contribution in [0.4, 0.5) is 5.69 Å². The van der Waals surface area contributed by atoms with Crippen molar-refractivity contribution in [2.24, 2.45) is 0 Å². The van der Waals surface area contributed by atoms with E-state index in [9.17, 15) is 0 Å². The summed E-state index contributed by atoms with van der Waals surface area (Å²) in [7, 11) is 0. The summed E-state index contributed by atoms with van der Waals surface area (Å²) in [6, 6.07) is 10.2. The Labute approximate surface area is 110 Å². The van der Waals surface area contributed by atoms with Crippen molar-refractivity contribution in [1.82, 2.24) is 9.97 Å². The number of nitrogens with one attached hydrogen (secondary N) is 1. The number of fused-ring (bicyclic) bond motifs is 1. The summed E-state index contributed by atoms with van der Waals surface area (Å²) in [6.07, 6.45) is 1.86. The van der Waals surface area contributed by atoms with E-state index >= 15 is 0 Å². The molecular formula is C14H13N3S. The van der Waals surface area contributed by atoms with Crippen LogP contribution in [0.15, 0.2) is 41.9 Å². The monoisotopic (exact) mass is 255 g/mol. The number of aromatic nitrogens is 2. The molecule has 4 heteroatoms. The zero-order valence-electron chi connectivity index (χ0n) is 10.1. The Kier molecular flexibility index (Phi) is 2.94. The van der Waals surface area contributed by atoms with Gasteiger partial charge in [0.2, 0.25) is 0 Å². The lowest BCUT2D eigenvalue weighted by Crippen LogP contribution is -2.00. The molecule has 0 unspecified atom stereocenters. The minimum absolute atomic E-state index is 0.740. The Hall–Kier alpha value is -1.94. The molecule has 0 saturated heterocycles. The van der Waals surface area contributed by atoms with Crippen LogP contribution in [0.2, 0.25) is 0 Å². The Bertz CT molecular complexity index is 675. The standard InChI is InChI=1S/C14H13N3S/c1-10-17-13(9-18-10)8-15-12-6-11-4-2-3-5-14(11)16-7-12/h2-7,9,15H,8H2,1H3. The quantitative estimate of drug-likeness (QED) is 0.777. The van der Waals surface area contributed by atoms with Gasteiger partial charge >= 0.3 is 0 Å². The maximum atomic E-state index is 4.42. The van der Waals surface area contributed by atoms with Crippen molar-refractivity contribution in [2.45, 2.75) is 13.5 Å². The van der Waals surface area contributed by atoms with Gasteiger partial charge in [0.15, 0.2) is 0 Å². The van der Waals surface area contributed by atoms with E-state index in [0.29, 0.717) is 0 Å². The largest absolute Gasteiger partial charge is 0.378 e. The van der Waals surface area contributed by atoms with Crippen LogP contribution in [0.3, 0.4) is 0 Å². The molecule has 0 fully saturated rings. The highest BCUT2D eigenvalue weighted by molar-refractivity contribution is 7.09. The Morgan fingerprint density at radius 2 is 2.17 bits per heavy atom. The lowest BCUT2D eigenvalue weighted by atomic mass is 10.2. The number of pyridine rings is 1. The molecule has 0 atom stereocenters. The van der Waals surface area contributed by atoms with Crippen molar-refractivity contribution in [3.63, 3.8) is 0 Å². The second-order valence-electron chi connectivity index (χ2n) is 4.13. The number of aryl methyl sites for hydroxylation is 1. The molecule has 18 heavy (non-hydrogen) atoms. The van der Waals surface area contributed by atoms with Crippen LogP contribution in [0.5, 0.6) is 0 Å². The first-order valence-corrected chi connectivity index (χ1v) is 6.69. The summed E-state index contributed by atoms with van der Waals surface area (Å²) in [5, 5.41) is 7.68. The van der Waals surface area contributed by atoms with E-state index in [1.807, 2.05) is 31.3 Å². The van der Waals surface area contributed by atoms with Gasteiger partial charge in [0.1, 0.15) is 0 Å². The van der Waals surface area contributed by atoms with E-state index in [-0.39, 0.29) is 0 Å². The van der Waals surface area contributed by atoms with Gasteiger partial charge in [-0.1, -0.05) is 18.2 Å². The molecule has 0 aliphatic carbocycles. The average Bonchev–Trinajstić information content (AvgIpc) is 2.82. The molecular weight excluding hydrogens is 242 g/mol. The van der Waals surface area contributed by atoms with E-state index < -0.39 is 0 Å². The van der Waals surface area contributed by atoms with E-state index in [1.54, 1.807) is 11.3 Å². The van der Waals surface area contributed by atoms with Crippen molar-refractivity contribution in [1.29, 1.82) is 0 Å². The maximum absolute atomic E-state index is 4.42. The maximum Gasteiger partial charge on any atom is 0.0898 e. The molecule has 1 aromatic carbocycles. The average molecular weight is 255 g/mol. The minimum Gasteiger partial charge on any atom is -0.378 e. The summed E-state index contributed by atoms with van der Waals surface area (Å²) in [4.78, 5) is 8.84. The molecule has 3 nitrogen and oxygen atoms in total. The molecule has 3 rings (SSSR count). The van der Waals surface area contributed by atoms with E-state index in [4.69, 9.17) is 0 Å². The molecule has 0 radical (unpaired) electrons. The second-order valence-corrected chi connectivity index (χ2v) is 5.19. The zero-order chi connectivity index (χ0) is 12.4. The summed E-state index contributed by atoms with van der Waals surface area (Å²) < 4.78 is 0. The smallest absolute Gasteiger partial charge is 0.0898 e. The fourth-order valence-electron chi connectivity index (χ4n) is 1.85. The van der Waals surface area contributed by atoms with Crippen molar-refractivity contribution >= 4 is 27.9 Å². The highest BCUT2D eigenvalue weighted by Crippen LogP contribution is 2.17. The molecule has 0 aliphatic rings. The predicted molar refractivity (Wildman–Crippen MR) is 75.9 cm³/mol. The number of anilines is 1. The molecule has 0 aliphatic heterocycles. The first-order chi connectivity index (χ1) is 8.81. The van der Waals surface area contributed by atoms with Gasteiger partial charge in [-0.25, -0.2) is 4.98 Å². The Morgan fingerprint density at radius 3 is 3.00 bits per heavy atom. The number of hydrogen-bond acceptors (Lipinski definition) is 4. The summed E-state index contributed by atoms with van der Waals surface area (Å²) in [5.41, 5.74) is 3.12. The van der Waals surface area contributed by atoms with Crippen molar-refractivity contribution in [3.8, 4) is 0 Å². The third kappa shape index (κ3) is 2.33. The van der Waals surface area contributed by atoms with Crippen LogP contribution in [-0.2, 0) is 6.54 Å². The lowest BCUT2D eigenvalue weighted by molar-refractivity contribution is 1.05. The predicted octanol–water partition coefficient (Wildman–Crippen LogP) is 3.61. The molecule has 90 valence electrons. The normalized spacial score (nSPS) is 10.7. The highest BCUT2D eigenvalue weighted by Gasteiger charge is 2.00. The zero-order valence-corrected chi connectivity index (χ0v) is 10.9. The fraction of sp³-hybridized carbons (Fsp3) is 0.143. The van der Waals surface area contributed by atoms with Gasteiger partial charge in [-0.3, -0.25) is 4.98 Å². The van der Waals surface area contributed by atoms with Crippen molar-refractivity contribution in [3.05, 3.63) is 52.6 Å². The number of benzene rings is 1. The van der Waals surface area contributed by atoms with Gasteiger partial charge in [-0.2, -0.15) is 0 Å². The van der Waals surface area contributed by atoms with Crippen LogP contribution in [0.1, 0.15) is 10.7 Å². The number of nitrogens with zero attached hydrogens (tertiary/aromatic N) is 2. The van der Waals surface area contributed by atoms with Gasteiger partial charge in [0.25, 0.3) is 0 Å². The number of thiazole rings is 1. The van der Waals surface area contributed by atoms with Gasteiger partial charge in [0, 0.05) is 10.8 Å². The Balaban J connectivity index is 1.78. The summed E-state index contributed by atoms with van der Waals surface area (Å²) in [5.74, 6) is 0. The molecule has 0 saturated carbocycles. The third-order valence-corrected chi connectivity index (χ3v) is 3.55. The highest BCUT2D eigenvalue weighted by atomic mass is 32.1. The Morgan fingerprint density at radius 1 is 1.28 bits per heavy atom. The minimum atomic E-state index is 0.740. The van der Waals surface area contributed by atoms with Crippen LogP contribution in [-0.4, -0.2) is 9.97 Å². The van der Waals surface area contributed by atoms with Gasteiger partial charge in [-0.15, -0.1) is 11.3 Å². The van der Waals surface area contributed by atoms with Gasteiger partial charge in [-0.05, 0) is 19.1 Å². The summed E-state index contributed by atoms with van der Waals surface area (Å²) >= 11 is 1.68. The van der Waals surface area contributed by atoms with Gasteiger partial charge in [0.05, 0.1) is 34.6 Å². The van der Waals surface area contributed by atoms with Crippen molar-refractivity contribution < 1.29 is 0 Å². The van der Waals surface area contributed by atoms with Gasteiger partial charge < -0.3 is 5.32 Å². The summed E-state index contributed by atoms with van der Waals surface area (Å²) in [6.45, 7) is 2.76. The first-order valence-electron chi connectivity index (χ1n) is 5.81. The van der Waals surface area contributed by atoms with E-state index in [1.165, 1.54) is 0 Å². The first kappa shape index (κ1) is 11.2. The second kappa shape index (κ2) is 4.74. The SMILES string of the molecule is Cc1nc(CNc2cnc3ccccc3c2)cs1. The molecule has 1 N–H and O–H groups in total. The van der Waals surface area contributed by atoms with E-state index in [2.05, 4.69) is 32.8 Å². The third-order valence-electron chi connectivity index (χ3n) is 2.73. The van der Waals surface area contributed by atoms with Crippen LogP contribution in [0, 0.1) is 6.92 Å². The number of rotatable bonds is 3. The lowest BCUT2D eigenvalue weighted by Gasteiger charge is -2.05. The fourth-order valence-corrected chi connectivity index (χ4v) is 2.46. The molecule has 0 spiro atoms.